The highest BCUT2D eigenvalue weighted by Crippen LogP contribution is 2.33. The third-order valence-electron chi connectivity index (χ3n) is 1.88. The Labute approximate surface area is 91.5 Å². The zero-order valence-electron chi connectivity index (χ0n) is 7.92. The Balaban J connectivity index is 3.62. The Hall–Kier alpha value is -2.04. The maximum absolute atomic E-state index is 12.4. The number of carbonyl (C=O) groups excluding carboxylic acids is 1. The van der Waals surface area contributed by atoms with Crippen LogP contribution in [-0.4, -0.2) is 11.3 Å². The van der Waals surface area contributed by atoms with Gasteiger partial charge in [-0.25, -0.2) is 8.78 Å². The lowest BCUT2D eigenvalue weighted by molar-refractivity contribution is -0.141. The number of hydrogen-bond donors (Lipinski definition) is 0. The van der Waals surface area contributed by atoms with E-state index in [1.54, 1.807) is 0 Å². The Morgan fingerprint density at radius 3 is 2.35 bits per heavy atom. The first-order chi connectivity index (χ1) is 7.82. The second kappa shape index (κ2) is 4.45. The number of aromatic nitrogens is 1. The molecule has 0 N–H and O–H groups in total. The second-order valence-corrected chi connectivity index (χ2v) is 2.88. The van der Waals surface area contributed by atoms with Crippen LogP contribution in [0.5, 0.6) is 0 Å². The number of carbonyl (C=O) groups is 1. The van der Waals surface area contributed by atoms with E-state index in [0.717, 1.165) is 6.07 Å². The fraction of sp³-hybridized carbons (Fsp3) is 0.222. The van der Waals surface area contributed by atoms with Gasteiger partial charge in [0.1, 0.15) is 6.07 Å². The van der Waals surface area contributed by atoms with Crippen molar-refractivity contribution in [2.45, 2.75) is 12.6 Å². The average Bonchev–Trinajstić information content (AvgIpc) is 2.25. The average molecular weight is 250 g/mol. The molecule has 0 aliphatic rings. The summed E-state index contributed by atoms with van der Waals surface area (Å²) in [5, 5.41) is 8.53. The van der Waals surface area contributed by atoms with Gasteiger partial charge in [0, 0.05) is 6.20 Å². The number of pyridine rings is 1. The van der Waals surface area contributed by atoms with E-state index in [-0.39, 0.29) is 12.5 Å². The van der Waals surface area contributed by atoms with Crippen molar-refractivity contribution in [1.29, 1.82) is 5.26 Å². The molecule has 3 nitrogen and oxygen atoms in total. The molecule has 8 heteroatoms. The van der Waals surface area contributed by atoms with Crippen LogP contribution in [0.4, 0.5) is 22.0 Å². The van der Waals surface area contributed by atoms with E-state index in [1.807, 2.05) is 0 Å². The molecule has 0 saturated heterocycles. The lowest BCUT2D eigenvalue weighted by Crippen LogP contribution is -2.14. The minimum atomic E-state index is -4.98. The maximum Gasteiger partial charge on any atom is 0.434 e. The lowest BCUT2D eigenvalue weighted by Gasteiger charge is -2.11. The van der Waals surface area contributed by atoms with Crippen molar-refractivity contribution in [2.75, 3.05) is 0 Å². The van der Waals surface area contributed by atoms with Gasteiger partial charge >= 0.3 is 6.18 Å². The summed E-state index contributed by atoms with van der Waals surface area (Å²) in [4.78, 5) is 13.3. The predicted octanol–water partition coefficient (Wildman–Crippen LogP) is 2.72. The largest absolute Gasteiger partial charge is 0.434 e. The van der Waals surface area contributed by atoms with Gasteiger partial charge in [0.15, 0.2) is 12.0 Å². The van der Waals surface area contributed by atoms with Crippen molar-refractivity contribution in [3.63, 3.8) is 0 Å². The second-order valence-electron chi connectivity index (χ2n) is 2.88. The maximum atomic E-state index is 12.4. The van der Waals surface area contributed by atoms with Crippen LogP contribution in [0.1, 0.15) is 33.6 Å². The Kier molecular flexibility index (Phi) is 3.41. The number of alkyl halides is 5. The third-order valence-corrected chi connectivity index (χ3v) is 1.88. The van der Waals surface area contributed by atoms with Gasteiger partial charge in [0.2, 0.25) is 0 Å². The van der Waals surface area contributed by atoms with Gasteiger partial charge in [0.25, 0.3) is 6.43 Å². The molecular weight excluding hydrogens is 247 g/mol. The summed E-state index contributed by atoms with van der Waals surface area (Å²) in [5.41, 5.74) is -4.81. The summed E-state index contributed by atoms with van der Waals surface area (Å²) in [6, 6.07) is 1.16. The topological polar surface area (TPSA) is 53.8 Å². The van der Waals surface area contributed by atoms with Gasteiger partial charge in [0.05, 0.1) is 16.7 Å². The van der Waals surface area contributed by atoms with Crippen LogP contribution in [0.15, 0.2) is 6.20 Å². The SMILES string of the molecule is N#Cc1c(C(F)F)cnc(C(F)(F)F)c1C=O. The first-order valence-electron chi connectivity index (χ1n) is 4.06. The van der Waals surface area contributed by atoms with Crippen molar-refractivity contribution in [1.82, 2.24) is 4.98 Å². The molecule has 1 heterocycles. The van der Waals surface area contributed by atoms with Gasteiger partial charge in [-0.2, -0.15) is 18.4 Å². The summed E-state index contributed by atoms with van der Waals surface area (Å²) in [6.07, 6.45) is -8.22. The number of nitriles is 1. The number of rotatable bonds is 2. The molecule has 0 bridgehead atoms. The predicted molar refractivity (Wildman–Crippen MR) is 44.3 cm³/mol. The molecule has 1 aromatic heterocycles. The minimum Gasteiger partial charge on any atom is -0.298 e. The third kappa shape index (κ3) is 2.38. The minimum absolute atomic E-state index is 0.249. The van der Waals surface area contributed by atoms with Crippen molar-refractivity contribution in [3.8, 4) is 6.07 Å². The Bertz CT molecular complexity index is 489. The molecule has 0 saturated carbocycles. The van der Waals surface area contributed by atoms with Crippen LogP contribution in [-0.2, 0) is 6.18 Å². The number of nitrogens with zero attached hydrogens (tertiary/aromatic N) is 2. The fourth-order valence-corrected chi connectivity index (χ4v) is 1.17. The van der Waals surface area contributed by atoms with Crippen molar-refractivity contribution >= 4 is 6.29 Å². The highest BCUT2D eigenvalue weighted by Gasteiger charge is 2.37. The molecule has 0 amide bonds. The van der Waals surface area contributed by atoms with Gasteiger partial charge in [-0.05, 0) is 0 Å². The number of halogens is 5. The summed E-state index contributed by atoms with van der Waals surface area (Å²) in [6.45, 7) is 0. The van der Waals surface area contributed by atoms with Gasteiger partial charge in [-0.15, -0.1) is 0 Å². The van der Waals surface area contributed by atoms with Crippen LogP contribution >= 0.6 is 0 Å². The zero-order chi connectivity index (χ0) is 13.2. The summed E-state index contributed by atoms with van der Waals surface area (Å²) >= 11 is 0. The van der Waals surface area contributed by atoms with E-state index in [2.05, 4.69) is 4.98 Å². The molecule has 0 fully saturated rings. The molecule has 1 rings (SSSR count). The Morgan fingerprint density at radius 1 is 1.41 bits per heavy atom. The van der Waals surface area contributed by atoms with Crippen LogP contribution in [0.2, 0.25) is 0 Å². The van der Waals surface area contributed by atoms with Crippen LogP contribution in [0.25, 0.3) is 0 Å². The lowest BCUT2D eigenvalue weighted by atomic mass is 10.0. The molecule has 0 aliphatic heterocycles. The van der Waals surface area contributed by atoms with Crippen LogP contribution < -0.4 is 0 Å². The van der Waals surface area contributed by atoms with Crippen LogP contribution in [0, 0.1) is 11.3 Å². The van der Waals surface area contributed by atoms with Gasteiger partial charge < -0.3 is 0 Å². The monoisotopic (exact) mass is 250 g/mol. The normalized spacial score (nSPS) is 11.4. The molecule has 0 aliphatic carbocycles. The van der Waals surface area contributed by atoms with Crippen LogP contribution in [0.3, 0.4) is 0 Å². The zero-order valence-corrected chi connectivity index (χ0v) is 7.92. The van der Waals surface area contributed by atoms with Gasteiger partial charge in [-0.3, -0.25) is 9.78 Å². The summed E-state index contributed by atoms with van der Waals surface area (Å²) in [7, 11) is 0. The van der Waals surface area contributed by atoms with E-state index in [9.17, 15) is 26.7 Å². The molecule has 17 heavy (non-hydrogen) atoms. The van der Waals surface area contributed by atoms with E-state index < -0.39 is 35.0 Å². The van der Waals surface area contributed by atoms with E-state index in [1.165, 1.54) is 0 Å². The van der Waals surface area contributed by atoms with Gasteiger partial charge in [-0.1, -0.05) is 0 Å². The van der Waals surface area contributed by atoms with Crippen molar-refractivity contribution < 1.29 is 26.7 Å². The standard InChI is InChI=1S/C9H3F5N2O/c10-8(11)5-2-16-7(9(12,13)14)6(3-17)4(5)1-15/h2-3,8H. The Morgan fingerprint density at radius 2 is 2.00 bits per heavy atom. The van der Waals surface area contributed by atoms with E-state index >= 15 is 0 Å². The first kappa shape index (κ1) is 13.0. The fourth-order valence-electron chi connectivity index (χ4n) is 1.17. The van der Waals surface area contributed by atoms with Crippen molar-refractivity contribution in [2.24, 2.45) is 0 Å². The molecular formula is C9H3F5N2O. The summed E-state index contributed by atoms with van der Waals surface area (Å²) in [5.74, 6) is 0. The molecule has 0 radical (unpaired) electrons. The smallest absolute Gasteiger partial charge is 0.298 e. The summed E-state index contributed by atoms with van der Waals surface area (Å²) < 4.78 is 61.8. The highest BCUT2D eigenvalue weighted by molar-refractivity contribution is 5.81. The quantitative estimate of drug-likeness (QED) is 0.599. The van der Waals surface area contributed by atoms with Crippen molar-refractivity contribution in [3.05, 3.63) is 28.6 Å². The molecule has 1 aromatic rings. The number of hydrogen-bond acceptors (Lipinski definition) is 3. The van der Waals surface area contributed by atoms with E-state index in [0.29, 0.717) is 0 Å². The molecule has 0 unspecified atom stereocenters. The first-order valence-corrected chi connectivity index (χ1v) is 4.06. The van der Waals surface area contributed by atoms with E-state index in [4.69, 9.17) is 5.26 Å². The molecule has 90 valence electrons. The molecule has 0 spiro atoms. The number of aldehydes is 1. The highest BCUT2D eigenvalue weighted by atomic mass is 19.4. The molecule has 0 aromatic carbocycles. The molecule has 0 atom stereocenters.